The topological polar surface area (TPSA) is 53.6 Å². The van der Waals surface area contributed by atoms with E-state index in [1.54, 1.807) is 12.4 Å². The lowest BCUT2D eigenvalue weighted by molar-refractivity contribution is 1.01. The van der Waals surface area contributed by atoms with Gasteiger partial charge in [-0.05, 0) is 35.7 Å². The fraction of sp³-hybridized carbons (Fsp3) is 0.100. The Kier molecular flexibility index (Phi) is 3.94. The smallest absolute Gasteiger partial charge is 0.126 e. The molecule has 0 unspecified atom stereocenters. The molecule has 0 fully saturated rings. The van der Waals surface area contributed by atoms with E-state index in [1.807, 2.05) is 18.2 Å². The highest BCUT2D eigenvalue weighted by atomic mass is 15.0. The maximum absolute atomic E-state index is 4.79. The zero-order chi connectivity index (χ0) is 16.2. The zero-order valence-corrected chi connectivity index (χ0v) is 13.2. The molecule has 0 bridgehead atoms. The zero-order valence-electron chi connectivity index (χ0n) is 13.2. The Morgan fingerprint density at radius 2 is 1.71 bits per heavy atom. The summed E-state index contributed by atoms with van der Waals surface area (Å²) in [7, 11) is 0. The van der Waals surface area contributed by atoms with Gasteiger partial charge in [0.05, 0.1) is 17.6 Å². The summed E-state index contributed by atoms with van der Waals surface area (Å²) < 4.78 is 0. The van der Waals surface area contributed by atoms with Crippen molar-refractivity contribution in [3.8, 4) is 0 Å². The molecule has 0 amide bonds. The lowest BCUT2D eigenvalue weighted by Gasteiger charge is -2.03. The first-order chi connectivity index (χ1) is 11.9. The molecule has 0 aliphatic carbocycles. The van der Waals surface area contributed by atoms with E-state index in [0.717, 1.165) is 29.0 Å². The Bertz CT molecular complexity index is 930. The molecular formula is C20H18N4. The lowest BCUT2D eigenvalue weighted by atomic mass is 10.0. The van der Waals surface area contributed by atoms with Gasteiger partial charge in [0, 0.05) is 18.1 Å². The molecule has 0 saturated carbocycles. The molecule has 0 radical (unpaired) electrons. The molecule has 0 aliphatic rings. The van der Waals surface area contributed by atoms with Crippen molar-refractivity contribution in [2.24, 2.45) is 0 Å². The van der Waals surface area contributed by atoms with Crippen LogP contribution in [-0.2, 0) is 13.0 Å². The minimum atomic E-state index is 0.656. The number of nitrogens with one attached hydrogen (secondary N) is 2. The number of aromatic amines is 1. The first kappa shape index (κ1) is 14.5. The van der Waals surface area contributed by atoms with Crippen molar-refractivity contribution in [3.63, 3.8) is 0 Å². The number of H-pyrrole nitrogens is 1. The molecular weight excluding hydrogens is 296 g/mol. The molecule has 2 N–H and O–H groups in total. The third-order valence-electron chi connectivity index (χ3n) is 4.02. The summed E-state index contributed by atoms with van der Waals surface area (Å²) in [6.45, 7) is 0.656. The average molecular weight is 314 g/mol. The molecule has 4 heteroatoms. The fourth-order valence-electron chi connectivity index (χ4n) is 2.84. The number of nitrogens with zero attached hydrogens (tertiary/aromatic N) is 2. The van der Waals surface area contributed by atoms with Crippen molar-refractivity contribution < 1.29 is 0 Å². The van der Waals surface area contributed by atoms with Gasteiger partial charge in [-0.15, -0.1) is 0 Å². The number of anilines is 1. The number of hydrogen-bond acceptors (Lipinski definition) is 3. The van der Waals surface area contributed by atoms with E-state index in [2.05, 4.69) is 57.7 Å². The van der Waals surface area contributed by atoms with Crippen LogP contribution in [0.5, 0.6) is 0 Å². The summed E-state index contributed by atoms with van der Waals surface area (Å²) in [6, 6.07) is 20.7. The third-order valence-corrected chi connectivity index (χ3v) is 4.02. The number of fused-ring (bicyclic) bond motifs is 1. The van der Waals surface area contributed by atoms with Crippen LogP contribution in [0.15, 0.2) is 73.1 Å². The number of aromatic nitrogens is 3. The monoisotopic (exact) mass is 314 g/mol. The highest BCUT2D eigenvalue weighted by Gasteiger charge is 2.08. The Morgan fingerprint density at radius 1 is 0.875 bits per heavy atom. The van der Waals surface area contributed by atoms with Crippen molar-refractivity contribution >= 4 is 16.7 Å². The summed E-state index contributed by atoms with van der Waals surface area (Å²) in [4.78, 5) is 12.2. The van der Waals surface area contributed by atoms with Crippen LogP contribution in [0, 0.1) is 0 Å². The van der Waals surface area contributed by atoms with E-state index >= 15 is 0 Å². The fourth-order valence-corrected chi connectivity index (χ4v) is 2.84. The van der Waals surface area contributed by atoms with Gasteiger partial charge in [-0.1, -0.05) is 42.5 Å². The molecule has 0 aliphatic heterocycles. The molecule has 2 aromatic heterocycles. The minimum absolute atomic E-state index is 0.656. The van der Waals surface area contributed by atoms with Gasteiger partial charge in [0.2, 0.25) is 0 Å². The second-order valence-electron chi connectivity index (χ2n) is 5.75. The molecule has 118 valence electrons. The van der Waals surface area contributed by atoms with Crippen LogP contribution in [-0.4, -0.2) is 15.0 Å². The van der Waals surface area contributed by atoms with Crippen molar-refractivity contribution in [2.45, 2.75) is 13.0 Å². The average Bonchev–Trinajstić information content (AvgIpc) is 3.06. The van der Waals surface area contributed by atoms with Gasteiger partial charge in [0.1, 0.15) is 5.82 Å². The Balaban J connectivity index is 1.57. The molecule has 4 nitrogen and oxygen atoms in total. The van der Waals surface area contributed by atoms with Crippen molar-refractivity contribution in [1.29, 1.82) is 0 Å². The van der Waals surface area contributed by atoms with Crippen LogP contribution in [0.4, 0.5) is 5.69 Å². The Labute approximate surface area is 140 Å². The van der Waals surface area contributed by atoms with Crippen LogP contribution >= 0.6 is 0 Å². The highest BCUT2D eigenvalue weighted by Crippen LogP contribution is 2.20. The summed E-state index contributed by atoms with van der Waals surface area (Å²) in [5.41, 5.74) is 5.70. The molecule has 0 saturated heterocycles. The van der Waals surface area contributed by atoms with Crippen molar-refractivity contribution in [3.05, 3.63) is 90.0 Å². The Morgan fingerprint density at radius 3 is 2.54 bits per heavy atom. The second-order valence-corrected chi connectivity index (χ2v) is 5.75. The number of pyridine rings is 1. The quantitative estimate of drug-likeness (QED) is 0.581. The van der Waals surface area contributed by atoms with Crippen LogP contribution in [0.1, 0.15) is 17.0 Å². The van der Waals surface area contributed by atoms with Crippen molar-refractivity contribution in [1.82, 2.24) is 15.0 Å². The predicted molar refractivity (Wildman–Crippen MR) is 96.9 cm³/mol. The molecule has 4 aromatic rings. The summed E-state index contributed by atoms with van der Waals surface area (Å²) in [5.74, 6) is 0.933. The van der Waals surface area contributed by atoms with Gasteiger partial charge in [-0.2, -0.15) is 0 Å². The van der Waals surface area contributed by atoms with E-state index in [1.165, 1.54) is 11.1 Å². The van der Waals surface area contributed by atoms with Crippen LogP contribution < -0.4 is 5.32 Å². The first-order valence-corrected chi connectivity index (χ1v) is 8.03. The maximum Gasteiger partial charge on any atom is 0.126 e. The van der Waals surface area contributed by atoms with E-state index in [4.69, 9.17) is 4.98 Å². The van der Waals surface area contributed by atoms with Crippen molar-refractivity contribution in [2.75, 3.05) is 5.32 Å². The normalized spacial score (nSPS) is 10.8. The highest BCUT2D eigenvalue weighted by molar-refractivity contribution is 5.79. The standard InChI is InChI=1S/C20H18N4/c1-2-5-15(6-3-1)13-16-7-4-8-18-20(16)24-19(23-18)14-22-17-9-11-21-12-10-17/h1-12H,13-14H2,(H,21,22)(H,23,24). The van der Waals surface area contributed by atoms with Gasteiger partial charge in [0.15, 0.2) is 0 Å². The van der Waals surface area contributed by atoms with E-state index in [0.29, 0.717) is 6.54 Å². The SMILES string of the molecule is c1ccc(Cc2cccc3[nH]c(CNc4ccncc4)nc23)cc1. The van der Waals surface area contributed by atoms with Gasteiger partial charge in [-0.3, -0.25) is 4.98 Å². The summed E-state index contributed by atoms with van der Waals surface area (Å²) >= 11 is 0. The van der Waals surface area contributed by atoms with Crippen LogP contribution in [0.25, 0.3) is 11.0 Å². The number of rotatable bonds is 5. The van der Waals surface area contributed by atoms with Gasteiger partial charge in [-0.25, -0.2) is 4.98 Å². The second kappa shape index (κ2) is 6.54. The van der Waals surface area contributed by atoms with E-state index < -0.39 is 0 Å². The molecule has 2 heterocycles. The number of benzene rings is 2. The molecule has 2 aromatic carbocycles. The van der Waals surface area contributed by atoms with Gasteiger partial charge >= 0.3 is 0 Å². The summed E-state index contributed by atoms with van der Waals surface area (Å²) in [6.07, 6.45) is 4.44. The van der Waals surface area contributed by atoms with Gasteiger partial charge < -0.3 is 10.3 Å². The number of para-hydroxylation sites is 1. The largest absolute Gasteiger partial charge is 0.378 e. The van der Waals surface area contributed by atoms with Gasteiger partial charge in [0.25, 0.3) is 0 Å². The first-order valence-electron chi connectivity index (χ1n) is 8.03. The molecule has 4 rings (SSSR count). The number of imidazole rings is 1. The third kappa shape index (κ3) is 3.13. The van der Waals surface area contributed by atoms with Crippen LogP contribution in [0.2, 0.25) is 0 Å². The molecule has 24 heavy (non-hydrogen) atoms. The minimum Gasteiger partial charge on any atom is -0.378 e. The Hall–Kier alpha value is -3.14. The predicted octanol–water partition coefficient (Wildman–Crippen LogP) is 4.16. The summed E-state index contributed by atoms with van der Waals surface area (Å²) in [5, 5.41) is 3.36. The van der Waals surface area contributed by atoms with Crippen LogP contribution in [0.3, 0.4) is 0 Å². The maximum atomic E-state index is 4.79. The molecule has 0 spiro atoms. The number of hydrogen-bond donors (Lipinski definition) is 2. The van der Waals surface area contributed by atoms with E-state index in [-0.39, 0.29) is 0 Å². The lowest BCUT2D eigenvalue weighted by Crippen LogP contribution is -2.00. The molecule has 0 atom stereocenters. The van der Waals surface area contributed by atoms with E-state index in [9.17, 15) is 0 Å².